The van der Waals surface area contributed by atoms with Gasteiger partial charge in [-0.15, -0.1) is 11.3 Å². The van der Waals surface area contributed by atoms with Gasteiger partial charge in [-0.25, -0.2) is 4.99 Å². The van der Waals surface area contributed by atoms with Gasteiger partial charge in [0.2, 0.25) is 0 Å². The van der Waals surface area contributed by atoms with E-state index in [-0.39, 0.29) is 0 Å². The molecule has 11 rings (SSSR count). The molecule has 6 heteroatoms. The molecule has 5 nitrogen and oxygen atoms in total. The lowest BCUT2D eigenvalue weighted by Gasteiger charge is -2.07. The van der Waals surface area contributed by atoms with Gasteiger partial charge in [0.25, 0.3) is 0 Å². The summed E-state index contributed by atoms with van der Waals surface area (Å²) >= 11 is 1.86. The fourth-order valence-electron chi connectivity index (χ4n) is 8.14. The molecule has 0 aliphatic rings. The molecule has 3 aromatic heterocycles. The van der Waals surface area contributed by atoms with Crippen LogP contribution in [0.15, 0.2) is 195 Å². The summed E-state index contributed by atoms with van der Waals surface area (Å²) in [7, 11) is 0. The van der Waals surface area contributed by atoms with E-state index in [0.717, 1.165) is 66.1 Å². The van der Waals surface area contributed by atoms with Gasteiger partial charge < -0.3 is 14.6 Å². The highest BCUT2D eigenvalue weighted by atomic mass is 32.1. The number of thiophene rings is 1. The molecular formula is C51H33N3O2S. The third kappa shape index (κ3) is 5.69. The van der Waals surface area contributed by atoms with Gasteiger partial charge in [0.05, 0.1) is 6.54 Å². The van der Waals surface area contributed by atoms with Crippen molar-refractivity contribution in [3.8, 4) is 22.3 Å². The molecule has 57 heavy (non-hydrogen) atoms. The molecule has 2 N–H and O–H groups in total. The SMILES string of the molecule is NC(=NC(=NCc1cccc2oc3ccc(-c4cccc5sc6c(-c7ccccc7)cccc6c45)cc3c12)c1ccccc1)c1ccc2c(c1)oc1ccccc12. The van der Waals surface area contributed by atoms with Crippen LogP contribution in [0.4, 0.5) is 0 Å². The maximum absolute atomic E-state index is 6.73. The number of furan rings is 2. The fraction of sp³-hybridized carbons (Fsp3) is 0.0196. The van der Waals surface area contributed by atoms with E-state index in [0.29, 0.717) is 18.2 Å². The quantitative estimate of drug-likeness (QED) is 0.136. The van der Waals surface area contributed by atoms with Gasteiger partial charge in [-0.1, -0.05) is 133 Å². The maximum atomic E-state index is 6.73. The zero-order valence-corrected chi connectivity index (χ0v) is 31.5. The highest BCUT2D eigenvalue weighted by Gasteiger charge is 2.17. The zero-order valence-electron chi connectivity index (χ0n) is 30.6. The van der Waals surface area contributed by atoms with Crippen molar-refractivity contribution >= 4 is 87.1 Å². The summed E-state index contributed by atoms with van der Waals surface area (Å²) in [5.41, 5.74) is 17.5. The molecule has 0 spiro atoms. The minimum atomic E-state index is 0.364. The molecule has 0 atom stereocenters. The van der Waals surface area contributed by atoms with E-state index in [1.165, 1.54) is 36.9 Å². The molecule has 0 fully saturated rings. The highest BCUT2D eigenvalue weighted by Crippen LogP contribution is 2.45. The van der Waals surface area contributed by atoms with Crippen LogP contribution in [0.2, 0.25) is 0 Å². The number of hydrogen-bond acceptors (Lipinski definition) is 4. The van der Waals surface area contributed by atoms with Gasteiger partial charge >= 0.3 is 0 Å². The molecule has 11 aromatic rings. The Morgan fingerprint density at radius 2 is 1.19 bits per heavy atom. The number of benzene rings is 8. The molecule has 0 aliphatic heterocycles. The number of hydrogen-bond donors (Lipinski definition) is 1. The van der Waals surface area contributed by atoms with Gasteiger partial charge in [-0.3, -0.25) is 4.99 Å². The second kappa shape index (κ2) is 13.5. The lowest BCUT2D eigenvalue weighted by Crippen LogP contribution is -2.16. The molecule has 3 heterocycles. The third-order valence-corrected chi connectivity index (χ3v) is 12.0. The van der Waals surface area contributed by atoms with Gasteiger partial charge in [-0.05, 0) is 70.3 Å². The lowest BCUT2D eigenvalue weighted by molar-refractivity contribution is 0.668. The van der Waals surface area contributed by atoms with Crippen molar-refractivity contribution in [1.29, 1.82) is 0 Å². The Hall–Kier alpha value is -7.28. The average Bonchev–Trinajstić information content (AvgIpc) is 3.96. The first-order valence-electron chi connectivity index (χ1n) is 19.0. The summed E-state index contributed by atoms with van der Waals surface area (Å²) in [4.78, 5) is 10.1. The van der Waals surface area contributed by atoms with Crippen LogP contribution < -0.4 is 5.73 Å². The van der Waals surface area contributed by atoms with Crippen LogP contribution in [-0.4, -0.2) is 11.7 Å². The molecule has 0 saturated carbocycles. The van der Waals surface area contributed by atoms with Crippen LogP contribution in [0.25, 0.3) is 86.3 Å². The molecule has 0 amide bonds. The number of amidine groups is 2. The standard InChI is InChI=1S/C51H33N3O2S/c52-50(34-24-26-39-38-17-7-8-21-42(38)56-45(39)29-34)54-51(32-14-5-2-6-15-32)53-30-35-16-9-22-44-47(35)41-28-33(25-27-43(41)55-44)36-18-11-23-46-48(36)40-20-10-19-37(49(40)57-46)31-12-3-1-4-13-31/h1-29H,30H2,(H2,52,53,54). The predicted molar refractivity (Wildman–Crippen MR) is 239 cm³/mol. The van der Waals surface area contributed by atoms with E-state index in [4.69, 9.17) is 24.6 Å². The minimum Gasteiger partial charge on any atom is -0.456 e. The Morgan fingerprint density at radius 1 is 0.491 bits per heavy atom. The molecule has 0 bridgehead atoms. The van der Waals surface area contributed by atoms with Crippen molar-refractivity contribution < 1.29 is 8.83 Å². The van der Waals surface area contributed by atoms with Crippen LogP contribution in [0.1, 0.15) is 16.7 Å². The Balaban J connectivity index is 1.00. The number of para-hydroxylation sites is 1. The normalized spacial score (nSPS) is 12.6. The molecule has 270 valence electrons. The van der Waals surface area contributed by atoms with Crippen molar-refractivity contribution in [2.45, 2.75) is 6.54 Å². The summed E-state index contributed by atoms with van der Waals surface area (Å²) in [5.74, 6) is 0.914. The third-order valence-electron chi connectivity index (χ3n) is 10.8. The first-order valence-corrected chi connectivity index (χ1v) is 19.8. The van der Waals surface area contributed by atoms with E-state index in [2.05, 4.69) is 97.1 Å². The molecular weight excluding hydrogens is 719 g/mol. The molecule has 0 unspecified atom stereocenters. The van der Waals surface area contributed by atoms with Gasteiger partial charge in [0.15, 0.2) is 5.84 Å². The van der Waals surface area contributed by atoms with Crippen LogP contribution >= 0.6 is 11.3 Å². The van der Waals surface area contributed by atoms with E-state index in [1.54, 1.807) is 0 Å². The van der Waals surface area contributed by atoms with Crippen LogP contribution in [-0.2, 0) is 6.54 Å². The largest absolute Gasteiger partial charge is 0.456 e. The minimum absolute atomic E-state index is 0.364. The van der Waals surface area contributed by atoms with Crippen molar-refractivity contribution in [3.05, 3.63) is 193 Å². The van der Waals surface area contributed by atoms with E-state index in [1.807, 2.05) is 90.2 Å². The summed E-state index contributed by atoms with van der Waals surface area (Å²) in [6.45, 7) is 0.382. The van der Waals surface area contributed by atoms with Crippen LogP contribution in [0, 0.1) is 0 Å². The van der Waals surface area contributed by atoms with Crippen LogP contribution in [0.5, 0.6) is 0 Å². The summed E-state index contributed by atoms with van der Waals surface area (Å²) < 4.78 is 15.2. The van der Waals surface area contributed by atoms with Crippen LogP contribution in [0.3, 0.4) is 0 Å². The molecule has 8 aromatic carbocycles. The Labute approximate surface area is 331 Å². The van der Waals surface area contributed by atoms with E-state index < -0.39 is 0 Å². The van der Waals surface area contributed by atoms with Crippen molar-refractivity contribution in [1.82, 2.24) is 0 Å². The van der Waals surface area contributed by atoms with Gasteiger partial charge in [0, 0.05) is 52.8 Å². The molecule has 0 saturated heterocycles. The average molecular weight is 752 g/mol. The number of rotatable bonds is 6. The van der Waals surface area contributed by atoms with Crippen molar-refractivity contribution in [2.24, 2.45) is 15.7 Å². The maximum Gasteiger partial charge on any atom is 0.157 e. The summed E-state index contributed by atoms with van der Waals surface area (Å²) in [6.07, 6.45) is 0. The number of fused-ring (bicyclic) bond motifs is 9. The first kappa shape index (κ1) is 33.1. The highest BCUT2D eigenvalue weighted by molar-refractivity contribution is 7.26. The second-order valence-electron chi connectivity index (χ2n) is 14.2. The lowest BCUT2D eigenvalue weighted by atomic mass is 9.96. The van der Waals surface area contributed by atoms with Gasteiger partial charge in [-0.2, -0.15) is 0 Å². The summed E-state index contributed by atoms with van der Waals surface area (Å²) in [5, 5.41) is 6.76. The monoisotopic (exact) mass is 751 g/mol. The summed E-state index contributed by atoms with van der Waals surface area (Å²) in [6, 6.07) is 60.7. The predicted octanol–water partition coefficient (Wildman–Crippen LogP) is 13.5. The number of nitrogens with zero attached hydrogens (tertiary/aromatic N) is 2. The van der Waals surface area contributed by atoms with Gasteiger partial charge in [0.1, 0.15) is 28.2 Å². The Bertz CT molecular complexity index is 3390. The number of nitrogens with two attached hydrogens (primary N) is 1. The van der Waals surface area contributed by atoms with Crippen molar-refractivity contribution in [2.75, 3.05) is 0 Å². The Kier molecular flexibility index (Phi) is 7.83. The smallest absolute Gasteiger partial charge is 0.157 e. The topological polar surface area (TPSA) is 77.0 Å². The van der Waals surface area contributed by atoms with E-state index >= 15 is 0 Å². The zero-order chi connectivity index (χ0) is 37.9. The number of aliphatic imine (C=N–C) groups is 2. The second-order valence-corrected chi connectivity index (χ2v) is 15.3. The van der Waals surface area contributed by atoms with Crippen molar-refractivity contribution in [3.63, 3.8) is 0 Å². The Morgan fingerprint density at radius 3 is 2.09 bits per heavy atom. The first-order chi connectivity index (χ1) is 28.2. The fourth-order valence-corrected chi connectivity index (χ4v) is 9.40. The van der Waals surface area contributed by atoms with E-state index in [9.17, 15) is 0 Å². The molecule has 0 radical (unpaired) electrons. The molecule has 0 aliphatic carbocycles.